The van der Waals surface area contributed by atoms with Crippen molar-refractivity contribution in [2.75, 3.05) is 5.32 Å². The summed E-state index contributed by atoms with van der Waals surface area (Å²) >= 11 is 13.9. The highest BCUT2D eigenvalue weighted by Crippen LogP contribution is 2.34. The van der Waals surface area contributed by atoms with Gasteiger partial charge in [0, 0.05) is 16.1 Å². The SMILES string of the molecule is O=C(Nc1cc(-c2nc3ccccc3s2)ccc1Cl)c1ccc(-c2ccc(Cl)cc2)o1. The van der Waals surface area contributed by atoms with E-state index in [9.17, 15) is 4.79 Å². The first kappa shape index (κ1) is 19.8. The zero-order valence-corrected chi connectivity index (χ0v) is 18.3. The van der Waals surface area contributed by atoms with Crippen molar-refractivity contribution < 1.29 is 9.21 Å². The molecule has 0 aliphatic carbocycles. The summed E-state index contributed by atoms with van der Waals surface area (Å²) in [5, 5.41) is 4.76. The van der Waals surface area contributed by atoms with Gasteiger partial charge in [0.2, 0.25) is 0 Å². The first-order valence-electron chi connectivity index (χ1n) is 9.39. The number of furan rings is 1. The molecule has 5 aromatic rings. The van der Waals surface area contributed by atoms with Crippen LogP contribution in [-0.4, -0.2) is 10.9 Å². The summed E-state index contributed by atoms with van der Waals surface area (Å²) in [5.41, 5.74) is 3.14. The van der Waals surface area contributed by atoms with Crippen LogP contribution >= 0.6 is 34.5 Å². The van der Waals surface area contributed by atoms with E-state index in [0.29, 0.717) is 21.5 Å². The summed E-state index contributed by atoms with van der Waals surface area (Å²) in [6.45, 7) is 0. The van der Waals surface area contributed by atoms with Gasteiger partial charge in [-0.05, 0) is 60.7 Å². The largest absolute Gasteiger partial charge is 0.451 e. The number of amides is 1. The van der Waals surface area contributed by atoms with Gasteiger partial charge in [-0.3, -0.25) is 4.79 Å². The van der Waals surface area contributed by atoms with E-state index >= 15 is 0 Å². The van der Waals surface area contributed by atoms with Gasteiger partial charge in [-0.2, -0.15) is 0 Å². The summed E-state index contributed by atoms with van der Waals surface area (Å²) in [5.74, 6) is 0.381. The number of para-hydroxylation sites is 1. The number of anilines is 1. The molecular formula is C24H14Cl2N2O2S. The molecule has 0 radical (unpaired) electrons. The second-order valence-electron chi connectivity index (χ2n) is 6.81. The maximum Gasteiger partial charge on any atom is 0.291 e. The Morgan fingerprint density at radius 1 is 0.903 bits per heavy atom. The highest BCUT2D eigenvalue weighted by molar-refractivity contribution is 7.21. The monoisotopic (exact) mass is 464 g/mol. The Morgan fingerprint density at radius 2 is 1.68 bits per heavy atom. The molecule has 0 aliphatic rings. The lowest BCUT2D eigenvalue weighted by Gasteiger charge is -2.07. The Hall–Kier alpha value is -3.12. The number of rotatable bonds is 4. The third-order valence-corrected chi connectivity index (χ3v) is 6.38. The number of nitrogens with zero attached hydrogens (tertiary/aromatic N) is 1. The zero-order chi connectivity index (χ0) is 21.4. The second-order valence-corrected chi connectivity index (χ2v) is 8.68. The normalized spacial score (nSPS) is 11.0. The predicted octanol–water partition coefficient (Wildman–Crippen LogP) is 7.78. The van der Waals surface area contributed by atoms with E-state index in [-0.39, 0.29) is 11.7 Å². The molecule has 0 saturated carbocycles. The maximum absolute atomic E-state index is 12.8. The van der Waals surface area contributed by atoms with E-state index in [4.69, 9.17) is 27.6 Å². The van der Waals surface area contributed by atoms with Crippen molar-refractivity contribution in [3.8, 4) is 21.9 Å². The summed E-state index contributed by atoms with van der Waals surface area (Å²) in [6.07, 6.45) is 0. The van der Waals surface area contributed by atoms with Crippen molar-refractivity contribution in [2.24, 2.45) is 0 Å². The van der Waals surface area contributed by atoms with Crippen LogP contribution in [0, 0.1) is 0 Å². The third-order valence-electron chi connectivity index (χ3n) is 4.71. The van der Waals surface area contributed by atoms with Gasteiger partial charge in [0.05, 0.1) is 20.9 Å². The van der Waals surface area contributed by atoms with Crippen LogP contribution < -0.4 is 5.32 Å². The molecule has 0 aliphatic heterocycles. The van der Waals surface area contributed by atoms with Crippen LogP contribution in [0.2, 0.25) is 10.0 Å². The van der Waals surface area contributed by atoms with Crippen LogP contribution in [0.1, 0.15) is 10.6 Å². The van der Waals surface area contributed by atoms with Crippen molar-refractivity contribution in [3.63, 3.8) is 0 Å². The fraction of sp³-hybridized carbons (Fsp3) is 0. The van der Waals surface area contributed by atoms with Crippen molar-refractivity contribution >= 4 is 56.3 Å². The molecule has 2 heterocycles. The fourth-order valence-corrected chi connectivity index (χ4v) is 4.42. The van der Waals surface area contributed by atoms with Gasteiger partial charge in [-0.15, -0.1) is 11.3 Å². The van der Waals surface area contributed by atoms with Crippen molar-refractivity contribution in [1.82, 2.24) is 4.98 Å². The molecular weight excluding hydrogens is 451 g/mol. The van der Waals surface area contributed by atoms with Crippen LogP contribution in [0.5, 0.6) is 0 Å². The van der Waals surface area contributed by atoms with Crippen LogP contribution in [0.4, 0.5) is 5.69 Å². The molecule has 5 rings (SSSR count). The van der Waals surface area contributed by atoms with Gasteiger partial charge >= 0.3 is 0 Å². The molecule has 0 atom stereocenters. The quantitative estimate of drug-likeness (QED) is 0.295. The van der Waals surface area contributed by atoms with Crippen LogP contribution in [-0.2, 0) is 0 Å². The van der Waals surface area contributed by atoms with E-state index < -0.39 is 0 Å². The molecule has 2 aromatic heterocycles. The number of fused-ring (bicyclic) bond motifs is 1. The smallest absolute Gasteiger partial charge is 0.291 e. The highest BCUT2D eigenvalue weighted by atomic mass is 35.5. The number of hydrogen-bond acceptors (Lipinski definition) is 4. The van der Waals surface area contributed by atoms with E-state index in [2.05, 4.69) is 10.3 Å². The molecule has 1 N–H and O–H groups in total. The van der Waals surface area contributed by atoms with Crippen molar-refractivity contribution in [3.05, 3.63) is 94.7 Å². The molecule has 31 heavy (non-hydrogen) atoms. The molecule has 0 fully saturated rings. The van der Waals surface area contributed by atoms with Crippen LogP contribution in [0.3, 0.4) is 0 Å². The van der Waals surface area contributed by atoms with Gasteiger partial charge in [0.15, 0.2) is 5.76 Å². The lowest BCUT2D eigenvalue weighted by atomic mass is 10.2. The molecule has 4 nitrogen and oxygen atoms in total. The average molecular weight is 465 g/mol. The van der Waals surface area contributed by atoms with Crippen molar-refractivity contribution in [1.29, 1.82) is 0 Å². The van der Waals surface area contributed by atoms with E-state index in [1.807, 2.05) is 48.5 Å². The Kier molecular flexibility index (Phi) is 5.24. The number of nitrogens with one attached hydrogen (secondary N) is 1. The predicted molar refractivity (Wildman–Crippen MR) is 127 cm³/mol. The minimum atomic E-state index is -0.386. The Morgan fingerprint density at radius 3 is 2.48 bits per heavy atom. The number of benzene rings is 3. The lowest BCUT2D eigenvalue weighted by molar-refractivity contribution is 0.0997. The number of hydrogen-bond donors (Lipinski definition) is 1. The topological polar surface area (TPSA) is 55.1 Å². The molecule has 0 unspecified atom stereocenters. The summed E-state index contributed by atoms with van der Waals surface area (Å²) in [6, 6.07) is 24.0. The Balaban J connectivity index is 1.40. The maximum atomic E-state index is 12.8. The standard InChI is InChI=1S/C24H14Cl2N2O2S/c25-16-8-5-14(6-9-16)20-11-12-21(30-20)23(29)27-19-13-15(7-10-17(19)26)24-28-18-3-1-2-4-22(18)31-24/h1-13H,(H,27,29). The molecule has 0 spiro atoms. The van der Waals surface area contributed by atoms with E-state index in [1.54, 1.807) is 41.7 Å². The first-order valence-corrected chi connectivity index (χ1v) is 11.0. The Bertz CT molecular complexity index is 1370. The molecule has 0 bridgehead atoms. The number of carbonyl (C=O) groups is 1. The van der Waals surface area contributed by atoms with Gasteiger partial charge in [0.25, 0.3) is 5.91 Å². The van der Waals surface area contributed by atoms with E-state index in [0.717, 1.165) is 26.4 Å². The van der Waals surface area contributed by atoms with Gasteiger partial charge in [-0.25, -0.2) is 4.98 Å². The van der Waals surface area contributed by atoms with Gasteiger partial charge in [0.1, 0.15) is 10.8 Å². The van der Waals surface area contributed by atoms with Gasteiger partial charge in [-0.1, -0.05) is 41.4 Å². The molecule has 152 valence electrons. The zero-order valence-electron chi connectivity index (χ0n) is 15.9. The second kappa shape index (κ2) is 8.19. The van der Waals surface area contributed by atoms with E-state index in [1.165, 1.54) is 0 Å². The average Bonchev–Trinajstić information content (AvgIpc) is 3.43. The minimum Gasteiger partial charge on any atom is -0.451 e. The van der Waals surface area contributed by atoms with Gasteiger partial charge < -0.3 is 9.73 Å². The number of thiazole rings is 1. The van der Waals surface area contributed by atoms with Crippen LogP contribution in [0.25, 0.3) is 32.1 Å². The number of carbonyl (C=O) groups excluding carboxylic acids is 1. The summed E-state index contributed by atoms with van der Waals surface area (Å²) < 4.78 is 6.83. The molecule has 1 amide bonds. The minimum absolute atomic E-state index is 0.186. The Labute approximate surface area is 192 Å². The first-order chi connectivity index (χ1) is 15.1. The summed E-state index contributed by atoms with van der Waals surface area (Å²) in [7, 11) is 0. The highest BCUT2D eigenvalue weighted by Gasteiger charge is 2.15. The van der Waals surface area contributed by atoms with Crippen molar-refractivity contribution in [2.45, 2.75) is 0 Å². The lowest BCUT2D eigenvalue weighted by Crippen LogP contribution is -2.11. The third kappa shape index (κ3) is 4.08. The number of halogens is 2. The molecule has 7 heteroatoms. The molecule has 0 saturated heterocycles. The fourth-order valence-electron chi connectivity index (χ4n) is 3.16. The summed E-state index contributed by atoms with van der Waals surface area (Å²) in [4.78, 5) is 17.4. The molecule has 3 aromatic carbocycles. The number of aromatic nitrogens is 1. The van der Waals surface area contributed by atoms with Crippen LogP contribution in [0.15, 0.2) is 83.3 Å².